The third-order valence-corrected chi connectivity index (χ3v) is 2.42. The standard InChI is InChI=1S/C9H14N2O4/c1-6-4-10(2)7(12)3-8(13)11(6)5-9(14)15/h6H,3-5H2,1-2H3,(H,14,15). The summed E-state index contributed by atoms with van der Waals surface area (Å²) in [5.74, 6) is -1.74. The van der Waals surface area contributed by atoms with Crippen molar-refractivity contribution in [3.63, 3.8) is 0 Å². The highest BCUT2D eigenvalue weighted by Gasteiger charge is 2.30. The largest absolute Gasteiger partial charge is 0.480 e. The quantitative estimate of drug-likeness (QED) is 0.607. The second-order valence-electron chi connectivity index (χ2n) is 3.72. The molecule has 15 heavy (non-hydrogen) atoms. The lowest BCUT2D eigenvalue weighted by atomic mass is 10.2. The summed E-state index contributed by atoms with van der Waals surface area (Å²) in [6, 6.07) is -0.259. The third kappa shape index (κ3) is 2.68. The minimum Gasteiger partial charge on any atom is -0.480 e. The van der Waals surface area contributed by atoms with Crippen LogP contribution in [0.5, 0.6) is 0 Å². The minimum absolute atomic E-state index is 0.242. The Balaban J connectivity index is 2.81. The van der Waals surface area contributed by atoms with Crippen molar-refractivity contribution < 1.29 is 19.5 Å². The average Bonchev–Trinajstić information content (AvgIpc) is 2.19. The van der Waals surface area contributed by atoms with Crippen LogP contribution in [-0.2, 0) is 14.4 Å². The van der Waals surface area contributed by atoms with E-state index in [0.29, 0.717) is 6.54 Å². The topological polar surface area (TPSA) is 77.9 Å². The van der Waals surface area contributed by atoms with Gasteiger partial charge in [0.1, 0.15) is 13.0 Å². The number of carboxylic acids is 1. The molecule has 6 nitrogen and oxygen atoms in total. The maximum absolute atomic E-state index is 11.5. The van der Waals surface area contributed by atoms with Crippen molar-refractivity contribution in [3.8, 4) is 0 Å². The van der Waals surface area contributed by atoms with Gasteiger partial charge in [-0.25, -0.2) is 0 Å². The van der Waals surface area contributed by atoms with E-state index in [4.69, 9.17) is 5.11 Å². The number of rotatable bonds is 2. The molecule has 0 radical (unpaired) electrons. The van der Waals surface area contributed by atoms with Crippen LogP contribution in [0.15, 0.2) is 0 Å². The van der Waals surface area contributed by atoms with Gasteiger partial charge in [-0.1, -0.05) is 0 Å². The van der Waals surface area contributed by atoms with Crippen molar-refractivity contribution in [3.05, 3.63) is 0 Å². The highest BCUT2D eigenvalue weighted by Crippen LogP contribution is 2.10. The number of aliphatic carboxylic acids is 1. The Bertz CT molecular complexity index is 302. The maximum atomic E-state index is 11.5. The van der Waals surface area contributed by atoms with E-state index >= 15 is 0 Å². The Morgan fingerprint density at radius 2 is 2.07 bits per heavy atom. The number of hydrogen-bond acceptors (Lipinski definition) is 3. The maximum Gasteiger partial charge on any atom is 0.323 e. The molecule has 1 aliphatic rings. The molecule has 1 heterocycles. The highest BCUT2D eigenvalue weighted by molar-refractivity contribution is 5.98. The summed E-state index contributed by atoms with van der Waals surface area (Å²) in [6.45, 7) is 1.76. The van der Waals surface area contributed by atoms with Gasteiger partial charge in [-0.15, -0.1) is 0 Å². The summed E-state index contributed by atoms with van der Waals surface area (Å²) in [4.78, 5) is 36.1. The molecule has 2 amide bonds. The number of carbonyl (C=O) groups excluding carboxylic acids is 2. The van der Waals surface area contributed by atoms with Gasteiger partial charge in [-0.2, -0.15) is 0 Å². The third-order valence-electron chi connectivity index (χ3n) is 2.42. The van der Waals surface area contributed by atoms with Crippen LogP contribution in [0.3, 0.4) is 0 Å². The molecular formula is C9H14N2O4. The molecule has 1 unspecified atom stereocenters. The number of nitrogens with zero attached hydrogens (tertiary/aromatic N) is 2. The fraction of sp³-hybridized carbons (Fsp3) is 0.667. The van der Waals surface area contributed by atoms with Crippen molar-refractivity contribution >= 4 is 17.8 Å². The molecule has 1 fully saturated rings. The number of carbonyl (C=O) groups is 3. The Kier molecular flexibility index (Phi) is 3.28. The predicted octanol–water partition coefficient (Wildman–Crippen LogP) is -0.850. The molecule has 0 aromatic rings. The second-order valence-corrected chi connectivity index (χ2v) is 3.72. The van der Waals surface area contributed by atoms with Gasteiger partial charge in [0.15, 0.2) is 0 Å². The van der Waals surface area contributed by atoms with Crippen LogP contribution >= 0.6 is 0 Å². The van der Waals surface area contributed by atoms with Gasteiger partial charge in [-0.3, -0.25) is 14.4 Å². The van der Waals surface area contributed by atoms with Gasteiger partial charge in [0.25, 0.3) is 0 Å². The Morgan fingerprint density at radius 1 is 1.47 bits per heavy atom. The fourth-order valence-electron chi connectivity index (χ4n) is 1.60. The molecule has 1 N–H and O–H groups in total. The number of amides is 2. The Morgan fingerprint density at radius 3 is 2.60 bits per heavy atom. The smallest absolute Gasteiger partial charge is 0.323 e. The van der Waals surface area contributed by atoms with Crippen molar-refractivity contribution in [2.24, 2.45) is 0 Å². The zero-order chi connectivity index (χ0) is 11.6. The lowest BCUT2D eigenvalue weighted by Gasteiger charge is -2.26. The predicted molar refractivity (Wildman–Crippen MR) is 51.1 cm³/mol. The SMILES string of the molecule is CC1CN(C)C(=O)CC(=O)N1CC(=O)O. The molecule has 0 spiro atoms. The molecule has 1 atom stereocenters. The number of likely N-dealkylation sites (N-methyl/N-ethyl adjacent to an activating group) is 1. The van der Waals surface area contributed by atoms with E-state index in [9.17, 15) is 14.4 Å². The summed E-state index contributed by atoms with van der Waals surface area (Å²) in [6.07, 6.45) is -0.242. The molecule has 0 aliphatic carbocycles. The van der Waals surface area contributed by atoms with Crippen molar-refractivity contribution in [2.45, 2.75) is 19.4 Å². The fourth-order valence-corrected chi connectivity index (χ4v) is 1.60. The summed E-state index contributed by atoms with van der Waals surface area (Å²) in [5.41, 5.74) is 0. The van der Waals surface area contributed by atoms with Gasteiger partial charge < -0.3 is 14.9 Å². The molecule has 1 saturated heterocycles. The lowest BCUT2D eigenvalue weighted by Crippen LogP contribution is -2.43. The van der Waals surface area contributed by atoms with Gasteiger partial charge >= 0.3 is 5.97 Å². The van der Waals surface area contributed by atoms with E-state index in [-0.39, 0.29) is 24.9 Å². The Labute approximate surface area is 87.5 Å². The monoisotopic (exact) mass is 214 g/mol. The van der Waals surface area contributed by atoms with Crippen LogP contribution < -0.4 is 0 Å². The first-order valence-electron chi connectivity index (χ1n) is 4.67. The molecule has 0 bridgehead atoms. The summed E-state index contributed by atoms with van der Waals surface area (Å²) >= 11 is 0. The summed E-state index contributed by atoms with van der Waals surface area (Å²) in [5, 5.41) is 8.63. The van der Waals surface area contributed by atoms with Crippen LogP contribution in [0.4, 0.5) is 0 Å². The van der Waals surface area contributed by atoms with Gasteiger partial charge in [0, 0.05) is 19.6 Å². The van der Waals surface area contributed by atoms with Crippen LogP contribution in [0.1, 0.15) is 13.3 Å². The number of hydrogen-bond donors (Lipinski definition) is 1. The molecular weight excluding hydrogens is 200 g/mol. The van der Waals surface area contributed by atoms with Crippen molar-refractivity contribution in [1.82, 2.24) is 9.80 Å². The molecule has 0 aromatic heterocycles. The summed E-state index contributed by atoms with van der Waals surface area (Å²) in [7, 11) is 1.61. The zero-order valence-electron chi connectivity index (χ0n) is 8.77. The van der Waals surface area contributed by atoms with Gasteiger partial charge in [0.2, 0.25) is 11.8 Å². The van der Waals surface area contributed by atoms with E-state index in [0.717, 1.165) is 0 Å². The zero-order valence-corrected chi connectivity index (χ0v) is 8.77. The number of carboxylic acid groups (broad SMARTS) is 1. The minimum atomic E-state index is -1.06. The van der Waals surface area contributed by atoms with E-state index in [1.54, 1.807) is 14.0 Å². The van der Waals surface area contributed by atoms with Crippen LogP contribution in [0.25, 0.3) is 0 Å². The van der Waals surface area contributed by atoms with Crippen molar-refractivity contribution in [1.29, 1.82) is 0 Å². The summed E-state index contributed by atoms with van der Waals surface area (Å²) < 4.78 is 0. The van der Waals surface area contributed by atoms with E-state index in [1.165, 1.54) is 9.80 Å². The van der Waals surface area contributed by atoms with E-state index in [2.05, 4.69) is 0 Å². The highest BCUT2D eigenvalue weighted by atomic mass is 16.4. The first kappa shape index (κ1) is 11.5. The molecule has 1 aliphatic heterocycles. The molecule has 6 heteroatoms. The normalized spacial score (nSPS) is 22.9. The van der Waals surface area contributed by atoms with Crippen LogP contribution in [0.2, 0.25) is 0 Å². The van der Waals surface area contributed by atoms with Crippen molar-refractivity contribution in [2.75, 3.05) is 20.1 Å². The molecule has 0 saturated carbocycles. The van der Waals surface area contributed by atoms with Gasteiger partial charge in [-0.05, 0) is 6.92 Å². The molecule has 84 valence electrons. The van der Waals surface area contributed by atoms with E-state index < -0.39 is 11.9 Å². The van der Waals surface area contributed by atoms with E-state index in [1.807, 2.05) is 0 Å². The molecule has 1 rings (SSSR count). The first-order valence-corrected chi connectivity index (χ1v) is 4.67. The second kappa shape index (κ2) is 4.29. The first-order chi connectivity index (χ1) is 6.91. The van der Waals surface area contributed by atoms with Crippen LogP contribution in [0, 0.1) is 0 Å². The Hall–Kier alpha value is -1.59. The average molecular weight is 214 g/mol. The van der Waals surface area contributed by atoms with Gasteiger partial charge in [0.05, 0.1) is 0 Å². The lowest BCUT2D eigenvalue weighted by molar-refractivity contribution is -0.146. The molecule has 0 aromatic carbocycles. The van der Waals surface area contributed by atoms with Crippen LogP contribution in [-0.4, -0.2) is 58.9 Å².